The van der Waals surface area contributed by atoms with Gasteiger partial charge in [0.15, 0.2) is 12.6 Å². The maximum absolute atomic E-state index is 11.4. The molecule has 2 aliphatic heterocycles. The summed E-state index contributed by atoms with van der Waals surface area (Å²) in [6.07, 6.45) is -6.44. The second kappa shape index (κ2) is 22.8. The van der Waals surface area contributed by atoms with Crippen LogP contribution in [0.5, 0.6) is 0 Å². The molecule has 2 N–H and O–H groups in total. The first kappa shape index (κ1) is 42.5. The molecule has 4 aromatic carbocycles. The topological polar surface area (TPSA) is 124 Å². The monoisotopic (exact) mass is 782 g/mol. The van der Waals surface area contributed by atoms with Crippen LogP contribution in [0.1, 0.15) is 22.3 Å². The summed E-state index contributed by atoms with van der Waals surface area (Å²) in [4.78, 5) is 0. The van der Waals surface area contributed by atoms with Gasteiger partial charge in [0, 0.05) is 0 Å². The van der Waals surface area contributed by atoms with Crippen LogP contribution in [0.3, 0.4) is 0 Å². The molecule has 57 heavy (non-hydrogen) atoms. The molecule has 6 rings (SSSR count). The van der Waals surface area contributed by atoms with Gasteiger partial charge < -0.3 is 52.8 Å². The minimum atomic E-state index is -1.24. The summed E-state index contributed by atoms with van der Waals surface area (Å²) in [6, 6.07) is 39.1. The third-order valence-electron chi connectivity index (χ3n) is 9.72. The van der Waals surface area contributed by atoms with E-state index in [1.54, 1.807) is 12.2 Å². The molecule has 0 spiro atoms. The summed E-state index contributed by atoms with van der Waals surface area (Å²) in [7, 11) is 0. The zero-order valence-electron chi connectivity index (χ0n) is 32.1. The average molecular weight is 783 g/mol. The van der Waals surface area contributed by atoms with Crippen LogP contribution in [0, 0.1) is 0 Å². The molecule has 0 amide bonds. The minimum absolute atomic E-state index is 0.0782. The Morgan fingerprint density at radius 3 is 1.42 bits per heavy atom. The van der Waals surface area contributed by atoms with Gasteiger partial charge in [0.05, 0.1) is 52.9 Å². The van der Waals surface area contributed by atoms with Gasteiger partial charge in [-0.3, -0.25) is 0 Å². The Bertz CT molecular complexity index is 1710. The fourth-order valence-corrected chi connectivity index (χ4v) is 6.86. The van der Waals surface area contributed by atoms with Crippen LogP contribution < -0.4 is 0 Å². The van der Waals surface area contributed by atoms with Gasteiger partial charge in [0.1, 0.15) is 48.8 Å². The zero-order valence-corrected chi connectivity index (χ0v) is 32.1. The lowest BCUT2D eigenvalue weighted by atomic mass is 9.96. The van der Waals surface area contributed by atoms with Crippen molar-refractivity contribution in [2.75, 3.05) is 26.4 Å². The quantitative estimate of drug-likeness (QED) is 0.0925. The van der Waals surface area contributed by atoms with Gasteiger partial charge in [-0.05, 0) is 22.3 Å². The fourth-order valence-electron chi connectivity index (χ4n) is 6.86. The van der Waals surface area contributed by atoms with Crippen molar-refractivity contribution in [1.29, 1.82) is 0 Å². The van der Waals surface area contributed by atoms with E-state index in [1.165, 1.54) is 0 Å². The molecule has 2 fully saturated rings. The zero-order chi connectivity index (χ0) is 39.7. The van der Waals surface area contributed by atoms with Crippen LogP contribution in [0.2, 0.25) is 0 Å². The van der Waals surface area contributed by atoms with E-state index in [0.717, 1.165) is 22.3 Å². The lowest BCUT2D eigenvalue weighted by molar-refractivity contribution is -0.373. The first-order valence-corrected chi connectivity index (χ1v) is 19.4. The Morgan fingerprint density at radius 1 is 0.491 bits per heavy atom. The minimum Gasteiger partial charge on any atom is -0.394 e. The standard InChI is InChI=1S/C46H54O11/c1-3-25-50-41-39(48)37(27-47)55-46(43(41)53-30-35-21-13-7-14-22-35)57-40-38(32-49-28-33-17-9-5-10-18-33)56-45(51-26-4-2)44(54-31-36-23-15-8-16-24-36)42(40)52-29-34-19-11-6-12-20-34/h3-24,37-48H,1-2,25-32H2/t37-,38-,39+,40-,41+,42+,43-,44-,45-,46+/m1/s1. The Hall–Kier alpha value is -4.08. The lowest BCUT2D eigenvalue weighted by Gasteiger charge is -2.49. The van der Waals surface area contributed by atoms with E-state index in [0.29, 0.717) is 6.61 Å². The molecule has 10 atom stereocenters. The molecule has 11 heteroatoms. The molecule has 0 unspecified atom stereocenters. The van der Waals surface area contributed by atoms with Crippen molar-refractivity contribution in [3.63, 3.8) is 0 Å². The third-order valence-corrected chi connectivity index (χ3v) is 9.72. The van der Waals surface area contributed by atoms with Crippen LogP contribution in [0.4, 0.5) is 0 Å². The van der Waals surface area contributed by atoms with Crippen LogP contribution in [0.15, 0.2) is 147 Å². The van der Waals surface area contributed by atoms with Crippen molar-refractivity contribution in [1.82, 2.24) is 0 Å². The van der Waals surface area contributed by atoms with E-state index in [4.69, 9.17) is 42.6 Å². The molecule has 0 radical (unpaired) electrons. The molecule has 11 nitrogen and oxygen atoms in total. The van der Waals surface area contributed by atoms with Gasteiger partial charge >= 0.3 is 0 Å². The van der Waals surface area contributed by atoms with Crippen molar-refractivity contribution in [2.24, 2.45) is 0 Å². The third kappa shape index (κ3) is 12.2. The lowest BCUT2D eigenvalue weighted by Crippen LogP contribution is -2.66. The number of rotatable bonds is 22. The molecule has 0 saturated carbocycles. The molecule has 0 aromatic heterocycles. The van der Waals surface area contributed by atoms with Crippen molar-refractivity contribution in [2.45, 2.75) is 87.8 Å². The highest BCUT2D eigenvalue weighted by Gasteiger charge is 2.54. The summed E-state index contributed by atoms with van der Waals surface area (Å²) >= 11 is 0. The normalized spacial score (nSPS) is 27.5. The van der Waals surface area contributed by atoms with Crippen molar-refractivity contribution >= 4 is 0 Å². The number of aliphatic hydroxyl groups is 2. The highest BCUT2D eigenvalue weighted by Crippen LogP contribution is 2.35. The molecule has 0 aliphatic carbocycles. The Morgan fingerprint density at radius 2 is 0.930 bits per heavy atom. The van der Waals surface area contributed by atoms with Gasteiger partial charge in [-0.1, -0.05) is 133 Å². The fraction of sp³-hybridized carbons (Fsp3) is 0.391. The van der Waals surface area contributed by atoms with Crippen LogP contribution in [-0.4, -0.2) is 98.1 Å². The van der Waals surface area contributed by atoms with Gasteiger partial charge in [-0.15, -0.1) is 13.2 Å². The smallest absolute Gasteiger partial charge is 0.187 e. The van der Waals surface area contributed by atoms with Crippen molar-refractivity contribution in [3.8, 4) is 0 Å². The Balaban J connectivity index is 1.37. The molecule has 4 aromatic rings. The highest BCUT2D eigenvalue weighted by molar-refractivity contribution is 5.16. The predicted molar refractivity (Wildman–Crippen MR) is 213 cm³/mol. The van der Waals surface area contributed by atoms with E-state index in [1.807, 2.05) is 121 Å². The Kier molecular flexibility index (Phi) is 17.0. The largest absolute Gasteiger partial charge is 0.394 e. The van der Waals surface area contributed by atoms with E-state index in [-0.39, 0.29) is 39.6 Å². The second-order valence-corrected chi connectivity index (χ2v) is 13.9. The van der Waals surface area contributed by atoms with E-state index in [2.05, 4.69) is 13.2 Å². The first-order chi connectivity index (χ1) is 28.1. The molecule has 0 bridgehead atoms. The highest BCUT2D eigenvalue weighted by atomic mass is 16.8. The predicted octanol–water partition coefficient (Wildman–Crippen LogP) is 5.92. The van der Waals surface area contributed by atoms with Crippen LogP contribution in [0.25, 0.3) is 0 Å². The number of hydrogen-bond acceptors (Lipinski definition) is 11. The van der Waals surface area contributed by atoms with Crippen LogP contribution in [-0.2, 0) is 69.1 Å². The molecule has 2 heterocycles. The Labute approximate surface area is 335 Å². The SMILES string of the molecule is C=CCO[C@@H]1O[C@H](COCc2ccccc2)[C@@H](O[C@@H]2O[C@H](CO)[C@H](O)[C@H](OCC=C)[C@H]2OCc2ccccc2)[C@H](OCc2ccccc2)[C@H]1OCc1ccccc1. The molecule has 2 saturated heterocycles. The number of aliphatic hydroxyl groups excluding tert-OH is 2. The summed E-state index contributed by atoms with van der Waals surface area (Å²) in [5, 5.41) is 21.9. The number of ether oxygens (including phenoxy) is 9. The number of hydrogen-bond donors (Lipinski definition) is 2. The van der Waals surface area contributed by atoms with Crippen LogP contribution >= 0.6 is 0 Å². The second-order valence-electron chi connectivity index (χ2n) is 13.9. The van der Waals surface area contributed by atoms with E-state index in [9.17, 15) is 10.2 Å². The maximum Gasteiger partial charge on any atom is 0.187 e. The average Bonchev–Trinajstić information content (AvgIpc) is 3.26. The van der Waals surface area contributed by atoms with E-state index < -0.39 is 68.0 Å². The maximum atomic E-state index is 11.4. The summed E-state index contributed by atoms with van der Waals surface area (Å²) in [5.74, 6) is 0. The van der Waals surface area contributed by atoms with Gasteiger partial charge in [-0.25, -0.2) is 0 Å². The molecular formula is C46H54O11. The van der Waals surface area contributed by atoms with Gasteiger partial charge in [0.2, 0.25) is 0 Å². The summed E-state index contributed by atoms with van der Waals surface area (Å²) < 4.78 is 58.8. The molecule has 2 aliphatic rings. The molecular weight excluding hydrogens is 728 g/mol. The molecule has 304 valence electrons. The van der Waals surface area contributed by atoms with Gasteiger partial charge in [0.25, 0.3) is 0 Å². The van der Waals surface area contributed by atoms with E-state index >= 15 is 0 Å². The first-order valence-electron chi connectivity index (χ1n) is 19.4. The summed E-state index contributed by atoms with van der Waals surface area (Å²) in [5.41, 5.74) is 3.76. The van der Waals surface area contributed by atoms with Gasteiger partial charge in [-0.2, -0.15) is 0 Å². The summed E-state index contributed by atoms with van der Waals surface area (Å²) in [6.45, 7) is 8.45. The van der Waals surface area contributed by atoms with Crippen molar-refractivity contribution in [3.05, 3.63) is 169 Å². The number of benzene rings is 4. The van der Waals surface area contributed by atoms with Crippen molar-refractivity contribution < 1.29 is 52.8 Å².